The first-order valence-corrected chi connectivity index (χ1v) is 9.73. The molecule has 3 rings (SSSR count). The molecule has 3 aromatic rings. The fourth-order valence-corrected chi connectivity index (χ4v) is 2.91. The SMILES string of the molecule is COc1ccc(C=NNc2ccc(C(F)(F)F)cc2)cc1OCc1ccc(Cl)c(Cl)c1. The van der Waals surface area contributed by atoms with E-state index in [0.29, 0.717) is 32.8 Å². The summed E-state index contributed by atoms with van der Waals surface area (Å²) in [5.41, 5.74) is 3.93. The zero-order valence-electron chi connectivity index (χ0n) is 16.2. The number of anilines is 1. The average molecular weight is 469 g/mol. The Labute approximate surface area is 187 Å². The Hall–Kier alpha value is -2.90. The van der Waals surface area contributed by atoms with Crippen molar-refractivity contribution in [3.8, 4) is 11.5 Å². The first-order valence-electron chi connectivity index (χ1n) is 8.97. The zero-order valence-corrected chi connectivity index (χ0v) is 17.7. The number of ether oxygens (including phenoxy) is 2. The number of halogens is 5. The maximum absolute atomic E-state index is 12.6. The van der Waals surface area contributed by atoms with Gasteiger partial charge >= 0.3 is 6.18 Å². The van der Waals surface area contributed by atoms with E-state index in [1.54, 1.807) is 36.4 Å². The first-order chi connectivity index (χ1) is 14.8. The molecule has 162 valence electrons. The standard InChI is InChI=1S/C22H17Cl2F3N2O2/c1-30-20-9-3-14(11-21(20)31-13-15-2-8-18(23)19(24)10-15)12-28-29-17-6-4-16(5-7-17)22(25,26)27/h2-12,29H,13H2,1H3. The van der Waals surface area contributed by atoms with Crippen molar-refractivity contribution in [3.63, 3.8) is 0 Å². The highest BCUT2D eigenvalue weighted by molar-refractivity contribution is 6.42. The second kappa shape index (κ2) is 9.94. The summed E-state index contributed by atoms with van der Waals surface area (Å²) in [7, 11) is 1.53. The van der Waals surface area contributed by atoms with E-state index in [9.17, 15) is 13.2 Å². The predicted molar refractivity (Wildman–Crippen MR) is 116 cm³/mol. The molecule has 0 atom stereocenters. The van der Waals surface area contributed by atoms with Crippen molar-refractivity contribution in [1.82, 2.24) is 0 Å². The monoisotopic (exact) mass is 468 g/mol. The highest BCUT2D eigenvalue weighted by Crippen LogP contribution is 2.31. The van der Waals surface area contributed by atoms with E-state index in [1.165, 1.54) is 25.5 Å². The van der Waals surface area contributed by atoms with Crippen LogP contribution >= 0.6 is 23.2 Å². The second-order valence-corrected chi connectivity index (χ2v) is 7.21. The van der Waals surface area contributed by atoms with Crippen molar-refractivity contribution in [2.45, 2.75) is 12.8 Å². The molecule has 3 aromatic carbocycles. The molecule has 0 amide bonds. The van der Waals surface area contributed by atoms with Crippen molar-refractivity contribution in [2.75, 3.05) is 12.5 Å². The third kappa shape index (κ3) is 6.29. The average Bonchev–Trinajstić information content (AvgIpc) is 2.74. The van der Waals surface area contributed by atoms with Gasteiger partial charge in [-0.1, -0.05) is 29.3 Å². The lowest BCUT2D eigenvalue weighted by atomic mass is 10.2. The lowest BCUT2D eigenvalue weighted by molar-refractivity contribution is -0.137. The number of benzene rings is 3. The molecule has 0 saturated carbocycles. The maximum atomic E-state index is 12.6. The molecule has 4 nitrogen and oxygen atoms in total. The fraction of sp³-hybridized carbons (Fsp3) is 0.136. The van der Waals surface area contributed by atoms with E-state index in [-0.39, 0.29) is 6.61 Å². The number of nitrogens with zero attached hydrogens (tertiary/aromatic N) is 1. The number of methoxy groups -OCH3 is 1. The number of nitrogens with one attached hydrogen (secondary N) is 1. The Morgan fingerprint density at radius 3 is 2.32 bits per heavy atom. The predicted octanol–water partition coefficient (Wildman–Crippen LogP) is 7.05. The fourth-order valence-electron chi connectivity index (χ4n) is 2.59. The number of rotatable bonds is 7. The van der Waals surface area contributed by atoms with Gasteiger partial charge in [-0.25, -0.2) is 0 Å². The minimum absolute atomic E-state index is 0.248. The summed E-state index contributed by atoms with van der Waals surface area (Å²) < 4.78 is 49.0. The molecule has 9 heteroatoms. The smallest absolute Gasteiger partial charge is 0.416 e. The third-order valence-electron chi connectivity index (χ3n) is 4.19. The molecule has 0 saturated heterocycles. The molecule has 0 heterocycles. The van der Waals surface area contributed by atoms with Crippen molar-refractivity contribution >= 4 is 35.1 Å². The van der Waals surface area contributed by atoms with E-state index in [4.69, 9.17) is 32.7 Å². The zero-order chi connectivity index (χ0) is 22.4. The Bertz CT molecular complexity index is 1070. The van der Waals surface area contributed by atoms with Gasteiger partial charge in [0.2, 0.25) is 0 Å². The summed E-state index contributed by atoms with van der Waals surface area (Å²) in [5.74, 6) is 1.03. The van der Waals surface area contributed by atoms with Crippen LogP contribution in [0.3, 0.4) is 0 Å². The van der Waals surface area contributed by atoms with Crippen molar-refractivity contribution in [3.05, 3.63) is 87.4 Å². The van der Waals surface area contributed by atoms with Crippen LogP contribution in [0.2, 0.25) is 10.0 Å². The largest absolute Gasteiger partial charge is 0.493 e. The van der Waals surface area contributed by atoms with Crippen LogP contribution < -0.4 is 14.9 Å². The van der Waals surface area contributed by atoms with Crippen molar-refractivity contribution in [2.24, 2.45) is 5.10 Å². The highest BCUT2D eigenvalue weighted by atomic mass is 35.5. The Morgan fingerprint density at radius 1 is 0.935 bits per heavy atom. The van der Waals surface area contributed by atoms with Gasteiger partial charge in [0.15, 0.2) is 11.5 Å². The molecule has 0 aliphatic rings. The quantitative estimate of drug-likeness (QED) is 0.298. The van der Waals surface area contributed by atoms with Crippen LogP contribution in [0.15, 0.2) is 65.8 Å². The van der Waals surface area contributed by atoms with E-state index in [2.05, 4.69) is 10.5 Å². The molecule has 0 spiro atoms. The van der Waals surface area contributed by atoms with Crippen LogP contribution in [0.5, 0.6) is 11.5 Å². The van der Waals surface area contributed by atoms with Gasteiger partial charge < -0.3 is 9.47 Å². The molecule has 0 radical (unpaired) electrons. The van der Waals surface area contributed by atoms with Gasteiger partial charge in [0, 0.05) is 0 Å². The van der Waals surface area contributed by atoms with Gasteiger partial charge in [-0.05, 0) is 65.7 Å². The molecule has 0 aliphatic heterocycles. The lowest BCUT2D eigenvalue weighted by Gasteiger charge is -2.12. The van der Waals surface area contributed by atoms with Crippen LogP contribution in [-0.4, -0.2) is 13.3 Å². The summed E-state index contributed by atoms with van der Waals surface area (Å²) >= 11 is 11.9. The second-order valence-electron chi connectivity index (χ2n) is 6.39. The lowest BCUT2D eigenvalue weighted by Crippen LogP contribution is -2.04. The van der Waals surface area contributed by atoms with E-state index in [0.717, 1.165) is 17.7 Å². The molecule has 0 aliphatic carbocycles. The van der Waals surface area contributed by atoms with E-state index in [1.807, 2.05) is 0 Å². The molecular formula is C22H17Cl2F3N2O2. The molecule has 31 heavy (non-hydrogen) atoms. The molecule has 0 fully saturated rings. The van der Waals surface area contributed by atoms with Crippen LogP contribution in [0.25, 0.3) is 0 Å². The van der Waals surface area contributed by atoms with E-state index < -0.39 is 11.7 Å². The molecule has 0 unspecified atom stereocenters. The Morgan fingerprint density at radius 2 is 1.68 bits per heavy atom. The third-order valence-corrected chi connectivity index (χ3v) is 4.92. The number of hydrazone groups is 1. The minimum atomic E-state index is -4.38. The normalized spacial score (nSPS) is 11.5. The van der Waals surface area contributed by atoms with Crippen LogP contribution in [0, 0.1) is 0 Å². The van der Waals surface area contributed by atoms with E-state index >= 15 is 0 Å². The number of alkyl halides is 3. The summed E-state index contributed by atoms with van der Waals surface area (Å²) in [5, 5.41) is 4.95. The van der Waals surface area contributed by atoms with Gasteiger partial charge in [0.05, 0.1) is 34.6 Å². The van der Waals surface area contributed by atoms with Crippen molar-refractivity contribution in [1.29, 1.82) is 0 Å². The minimum Gasteiger partial charge on any atom is -0.493 e. The summed E-state index contributed by atoms with van der Waals surface area (Å²) in [6.07, 6.45) is -2.86. The van der Waals surface area contributed by atoms with Gasteiger partial charge in [-0.3, -0.25) is 5.43 Å². The molecule has 1 N–H and O–H groups in total. The van der Waals surface area contributed by atoms with Gasteiger partial charge in [0.25, 0.3) is 0 Å². The first kappa shape index (κ1) is 22.8. The summed E-state index contributed by atoms with van der Waals surface area (Å²) in [4.78, 5) is 0. The maximum Gasteiger partial charge on any atom is 0.416 e. The van der Waals surface area contributed by atoms with Gasteiger partial charge in [-0.15, -0.1) is 0 Å². The summed E-state index contributed by atoms with van der Waals surface area (Å²) in [6, 6.07) is 15.0. The number of hydrogen-bond donors (Lipinski definition) is 1. The molecule has 0 aromatic heterocycles. The topological polar surface area (TPSA) is 42.8 Å². The van der Waals surface area contributed by atoms with Crippen LogP contribution in [0.1, 0.15) is 16.7 Å². The molecule has 0 bridgehead atoms. The van der Waals surface area contributed by atoms with Gasteiger partial charge in [-0.2, -0.15) is 18.3 Å². The van der Waals surface area contributed by atoms with Gasteiger partial charge in [0.1, 0.15) is 6.61 Å². The summed E-state index contributed by atoms with van der Waals surface area (Å²) in [6.45, 7) is 0.248. The van der Waals surface area contributed by atoms with Crippen LogP contribution in [-0.2, 0) is 12.8 Å². The van der Waals surface area contributed by atoms with Crippen molar-refractivity contribution < 1.29 is 22.6 Å². The highest BCUT2D eigenvalue weighted by Gasteiger charge is 2.29. The van der Waals surface area contributed by atoms with Crippen LogP contribution in [0.4, 0.5) is 18.9 Å². The Balaban J connectivity index is 1.67. The number of hydrogen-bond acceptors (Lipinski definition) is 4. The molecular weight excluding hydrogens is 452 g/mol. The Kier molecular flexibility index (Phi) is 7.30.